The highest BCUT2D eigenvalue weighted by Crippen LogP contribution is 2.17. The highest BCUT2D eigenvalue weighted by atomic mass is 16.2. The Hall–Kier alpha value is -2.24. The monoisotopic (exact) mass is 301 g/mol. The van der Waals surface area contributed by atoms with Crippen LogP contribution < -0.4 is 0 Å². The van der Waals surface area contributed by atoms with E-state index in [4.69, 9.17) is 0 Å². The van der Waals surface area contributed by atoms with Gasteiger partial charge in [-0.05, 0) is 31.9 Å². The molecule has 6 heteroatoms. The Morgan fingerprint density at radius 2 is 1.95 bits per heavy atom. The van der Waals surface area contributed by atoms with E-state index in [0.29, 0.717) is 11.4 Å². The van der Waals surface area contributed by atoms with Gasteiger partial charge >= 0.3 is 0 Å². The van der Waals surface area contributed by atoms with E-state index in [0.717, 1.165) is 25.0 Å². The van der Waals surface area contributed by atoms with Gasteiger partial charge in [-0.25, -0.2) is 4.98 Å². The molecule has 0 aliphatic carbocycles. The predicted octanol–water partition coefficient (Wildman–Crippen LogP) is 2.62. The molecule has 2 heterocycles. The lowest BCUT2D eigenvalue weighted by atomic mass is 10.1. The first kappa shape index (κ1) is 16.1. The highest BCUT2D eigenvalue weighted by Gasteiger charge is 2.24. The van der Waals surface area contributed by atoms with Crippen molar-refractivity contribution in [2.45, 2.75) is 46.1 Å². The summed E-state index contributed by atoms with van der Waals surface area (Å²) in [6, 6.07) is 3.92. The molecule has 118 valence electrons. The summed E-state index contributed by atoms with van der Waals surface area (Å²) in [6.07, 6.45) is 6.13. The summed E-state index contributed by atoms with van der Waals surface area (Å²) in [5.74, 6) is -0.0868. The average Bonchev–Trinajstić information content (AvgIpc) is 3.05. The largest absolute Gasteiger partial charge is 0.337 e. The molecular formula is C16H23N5O. The Balaban J connectivity index is 2.38. The van der Waals surface area contributed by atoms with E-state index >= 15 is 0 Å². The lowest BCUT2D eigenvalue weighted by Gasteiger charge is -2.27. The van der Waals surface area contributed by atoms with Gasteiger partial charge in [0.1, 0.15) is 5.69 Å². The molecule has 0 fully saturated rings. The number of rotatable bonds is 6. The molecule has 0 aliphatic heterocycles. The van der Waals surface area contributed by atoms with Crippen molar-refractivity contribution in [3.05, 3.63) is 35.9 Å². The van der Waals surface area contributed by atoms with Crippen LogP contribution in [0.25, 0.3) is 5.69 Å². The minimum absolute atomic E-state index is 0.0868. The van der Waals surface area contributed by atoms with Crippen molar-refractivity contribution in [3.63, 3.8) is 0 Å². The van der Waals surface area contributed by atoms with Crippen molar-refractivity contribution in [3.8, 4) is 5.69 Å². The van der Waals surface area contributed by atoms with Gasteiger partial charge in [0.2, 0.25) is 0 Å². The second-order valence-electron chi connectivity index (χ2n) is 5.41. The first-order valence-electron chi connectivity index (χ1n) is 7.70. The molecule has 0 aliphatic rings. The van der Waals surface area contributed by atoms with Crippen LogP contribution in [0.5, 0.6) is 0 Å². The molecular weight excluding hydrogens is 278 g/mol. The highest BCUT2D eigenvalue weighted by molar-refractivity contribution is 5.95. The van der Waals surface area contributed by atoms with Gasteiger partial charge in [0.25, 0.3) is 5.91 Å². The zero-order valence-corrected chi connectivity index (χ0v) is 13.7. The molecule has 0 bridgehead atoms. The van der Waals surface area contributed by atoms with E-state index in [1.165, 1.54) is 4.80 Å². The maximum Gasteiger partial charge on any atom is 0.274 e. The van der Waals surface area contributed by atoms with Crippen molar-refractivity contribution in [1.82, 2.24) is 24.9 Å². The number of hydrogen-bond acceptors (Lipinski definition) is 4. The van der Waals surface area contributed by atoms with Gasteiger partial charge in [0.15, 0.2) is 5.69 Å². The van der Waals surface area contributed by atoms with Crippen LogP contribution in [0.2, 0.25) is 0 Å². The molecule has 0 unspecified atom stereocenters. The van der Waals surface area contributed by atoms with Crippen molar-refractivity contribution >= 4 is 5.91 Å². The normalized spacial score (nSPS) is 12.2. The average molecular weight is 301 g/mol. The smallest absolute Gasteiger partial charge is 0.274 e. The standard InChI is InChI=1S/C16H23N5O/c1-5-7-13(6-2)20(4)16(22)15-14(9-8-12(3)19-15)21-17-10-11-18-21/h8-11,13H,5-7H2,1-4H3/t13-/m0/s1. The van der Waals surface area contributed by atoms with Crippen molar-refractivity contribution in [2.75, 3.05) is 7.05 Å². The van der Waals surface area contributed by atoms with Crippen LogP contribution in [0.3, 0.4) is 0 Å². The molecule has 1 amide bonds. The molecule has 0 N–H and O–H groups in total. The third-order valence-corrected chi connectivity index (χ3v) is 3.81. The number of hydrogen-bond donors (Lipinski definition) is 0. The van der Waals surface area contributed by atoms with Crippen LogP contribution in [0.15, 0.2) is 24.5 Å². The Labute approximate surface area is 131 Å². The molecule has 0 spiro atoms. The fourth-order valence-corrected chi connectivity index (χ4v) is 2.55. The Kier molecular flexibility index (Phi) is 5.25. The fraction of sp³-hybridized carbons (Fsp3) is 0.500. The van der Waals surface area contributed by atoms with Crippen LogP contribution in [0, 0.1) is 6.92 Å². The minimum Gasteiger partial charge on any atom is -0.337 e. The summed E-state index contributed by atoms with van der Waals surface area (Å²) in [6.45, 7) is 6.11. The van der Waals surface area contributed by atoms with Gasteiger partial charge in [0.05, 0.1) is 12.4 Å². The topological polar surface area (TPSA) is 63.9 Å². The number of amides is 1. The van der Waals surface area contributed by atoms with Crippen molar-refractivity contribution < 1.29 is 4.79 Å². The van der Waals surface area contributed by atoms with Gasteiger partial charge in [-0.2, -0.15) is 10.2 Å². The van der Waals surface area contributed by atoms with Gasteiger partial charge in [0, 0.05) is 18.8 Å². The van der Waals surface area contributed by atoms with Crippen LogP contribution in [-0.2, 0) is 0 Å². The summed E-state index contributed by atoms with van der Waals surface area (Å²) >= 11 is 0. The first-order chi connectivity index (χ1) is 10.6. The molecule has 0 aromatic carbocycles. The Morgan fingerprint density at radius 3 is 2.55 bits per heavy atom. The zero-order chi connectivity index (χ0) is 16.1. The Bertz CT molecular complexity index is 623. The minimum atomic E-state index is -0.0868. The molecule has 22 heavy (non-hydrogen) atoms. The molecule has 6 nitrogen and oxygen atoms in total. The second kappa shape index (κ2) is 7.15. The van der Waals surface area contributed by atoms with E-state index in [2.05, 4.69) is 29.0 Å². The molecule has 1 atom stereocenters. The van der Waals surface area contributed by atoms with Crippen LogP contribution in [-0.4, -0.2) is 43.9 Å². The van der Waals surface area contributed by atoms with E-state index in [1.807, 2.05) is 26.1 Å². The molecule has 0 saturated carbocycles. The zero-order valence-electron chi connectivity index (χ0n) is 13.7. The third kappa shape index (κ3) is 3.32. The molecule has 0 saturated heterocycles. The lowest BCUT2D eigenvalue weighted by Crippen LogP contribution is -2.37. The summed E-state index contributed by atoms with van der Waals surface area (Å²) < 4.78 is 0. The summed E-state index contributed by atoms with van der Waals surface area (Å²) in [4.78, 5) is 20.5. The number of carbonyl (C=O) groups is 1. The summed E-state index contributed by atoms with van der Waals surface area (Å²) in [5.41, 5.74) is 1.81. The SMILES string of the molecule is CCC[C@H](CC)N(C)C(=O)c1nc(C)ccc1-n1nccn1. The number of carbonyl (C=O) groups excluding carboxylic acids is 1. The van der Waals surface area contributed by atoms with E-state index in [-0.39, 0.29) is 11.9 Å². The summed E-state index contributed by atoms with van der Waals surface area (Å²) in [5, 5.41) is 8.23. The van der Waals surface area contributed by atoms with E-state index in [9.17, 15) is 4.79 Å². The number of aromatic nitrogens is 4. The summed E-state index contributed by atoms with van der Waals surface area (Å²) in [7, 11) is 1.84. The van der Waals surface area contributed by atoms with Gasteiger partial charge in [-0.15, -0.1) is 4.80 Å². The van der Waals surface area contributed by atoms with E-state index in [1.54, 1.807) is 17.3 Å². The number of nitrogens with zero attached hydrogens (tertiary/aromatic N) is 5. The molecule has 2 rings (SSSR count). The molecule has 0 radical (unpaired) electrons. The van der Waals surface area contributed by atoms with Crippen LogP contribution in [0.1, 0.15) is 49.3 Å². The second-order valence-corrected chi connectivity index (χ2v) is 5.41. The van der Waals surface area contributed by atoms with Crippen molar-refractivity contribution in [2.24, 2.45) is 0 Å². The van der Waals surface area contributed by atoms with Crippen LogP contribution >= 0.6 is 0 Å². The Morgan fingerprint density at radius 1 is 1.27 bits per heavy atom. The van der Waals surface area contributed by atoms with E-state index < -0.39 is 0 Å². The third-order valence-electron chi connectivity index (χ3n) is 3.81. The number of pyridine rings is 1. The van der Waals surface area contributed by atoms with Gasteiger partial charge in [-0.1, -0.05) is 20.3 Å². The van der Waals surface area contributed by atoms with Crippen molar-refractivity contribution in [1.29, 1.82) is 0 Å². The number of aryl methyl sites for hydroxylation is 1. The van der Waals surface area contributed by atoms with Crippen LogP contribution in [0.4, 0.5) is 0 Å². The maximum atomic E-state index is 12.9. The predicted molar refractivity (Wildman–Crippen MR) is 85.0 cm³/mol. The first-order valence-corrected chi connectivity index (χ1v) is 7.70. The lowest BCUT2D eigenvalue weighted by molar-refractivity contribution is 0.0712. The van der Waals surface area contributed by atoms with Gasteiger partial charge in [-0.3, -0.25) is 4.79 Å². The molecule has 2 aromatic heterocycles. The molecule has 2 aromatic rings. The quantitative estimate of drug-likeness (QED) is 0.822. The fourth-order valence-electron chi connectivity index (χ4n) is 2.55. The maximum absolute atomic E-state index is 12.9. The van der Waals surface area contributed by atoms with Gasteiger partial charge < -0.3 is 4.90 Å².